The van der Waals surface area contributed by atoms with Crippen LogP contribution in [0.2, 0.25) is 5.02 Å². The van der Waals surface area contributed by atoms with E-state index in [0.717, 1.165) is 5.56 Å². The van der Waals surface area contributed by atoms with Crippen molar-refractivity contribution in [3.63, 3.8) is 0 Å². The van der Waals surface area contributed by atoms with E-state index in [9.17, 15) is 18.3 Å². The maximum atomic E-state index is 12.9. The summed E-state index contributed by atoms with van der Waals surface area (Å²) < 4.78 is 33.2. The number of hydrogen-bond donors (Lipinski definition) is 2. The molecule has 0 aliphatic heterocycles. The molecule has 3 aromatic rings. The van der Waals surface area contributed by atoms with Crippen LogP contribution >= 0.6 is 11.6 Å². The van der Waals surface area contributed by atoms with Gasteiger partial charge in [-0.2, -0.15) is 0 Å². The van der Waals surface area contributed by atoms with Crippen LogP contribution in [0.4, 0.5) is 11.4 Å². The maximum absolute atomic E-state index is 12.9. The molecule has 0 bridgehead atoms. The van der Waals surface area contributed by atoms with Crippen LogP contribution in [0, 0.1) is 0 Å². The van der Waals surface area contributed by atoms with Crippen LogP contribution in [-0.4, -0.2) is 33.7 Å². The molecular weight excluding hydrogens is 440 g/mol. The molecule has 0 unspecified atom stereocenters. The van der Waals surface area contributed by atoms with Gasteiger partial charge in [-0.15, -0.1) is 0 Å². The van der Waals surface area contributed by atoms with E-state index >= 15 is 0 Å². The fourth-order valence-corrected chi connectivity index (χ4v) is 4.60. The number of anilines is 2. The van der Waals surface area contributed by atoms with Gasteiger partial charge in [-0.25, -0.2) is 13.2 Å². The van der Waals surface area contributed by atoms with Crippen molar-refractivity contribution in [1.82, 2.24) is 0 Å². The molecule has 0 saturated heterocycles. The van der Waals surface area contributed by atoms with Crippen LogP contribution in [0.1, 0.15) is 15.9 Å². The zero-order chi connectivity index (χ0) is 22.6. The monoisotopic (exact) mass is 460 g/mol. The molecule has 0 saturated carbocycles. The second-order valence-corrected chi connectivity index (χ2v) is 8.87. The largest absolute Gasteiger partial charge is 0.495 e. The van der Waals surface area contributed by atoms with Gasteiger partial charge in [0.1, 0.15) is 10.6 Å². The third kappa shape index (κ3) is 5.28. The Kier molecular flexibility index (Phi) is 6.72. The van der Waals surface area contributed by atoms with Crippen molar-refractivity contribution >= 4 is 39.0 Å². The Balaban J connectivity index is 1.92. The summed E-state index contributed by atoms with van der Waals surface area (Å²) in [4.78, 5) is 13.5. The number of nitrogens with one attached hydrogen (secondary N) is 1. The predicted molar refractivity (Wildman–Crippen MR) is 121 cm³/mol. The predicted octanol–water partition coefficient (Wildman–Crippen LogP) is 4.48. The molecule has 0 aromatic heterocycles. The van der Waals surface area contributed by atoms with Gasteiger partial charge in [0.25, 0.3) is 10.0 Å². The minimum absolute atomic E-state index is 0.0308. The summed E-state index contributed by atoms with van der Waals surface area (Å²) in [5, 5.41) is 9.92. The SMILES string of the molecule is COc1ccc(Cl)cc1S(=O)(=O)Nc1ccc(N(C)Cc2ccccc2)c(C(=O)O)c1. The molecule has 31 heavy (non-hydrogen) atoms. The van der Waals surface area contributed by atoms with Crippen molar-refractivity contribution in [1.29, 1.82) is 0 Å². The van der Waals surface area contributed by atoms with Gasteiger partial charge in [0.05, 0.1) is 18.4 Å². The lowest BCUT2D eigenvalue weighted by molar-refractivity contribution is 0.0697. The summed E-state index contributed by atoms with van der Waals surface area (Å²) >= 11 is 5.94. The lowest BCUT2D eigenvalue weighted by Crippen LogP contribution is -2.20. The fourth-order valence-electron chi connectivity index (χ4n) is 3.12. The smallest absolute Gasteiger partial charge is 0.337 e. The first kappa shape index (κ1) is 22.5. The van der Waals surface area contributed by atoms with Crippen LogP contribution in [-0.2, 0) is 16.6 Å². The Labute approximate surface area is 185 Å². The zero-order valence-electron chi connectivity index (χ0n) is 16.9. The average Bonchev–Trinajstić information content (AvgIpc) is 2.74. The molecule has 0 fully saturated rings. The zero-order valence-corrected chi connectivity index (χ0v) is 18.4. The van der Waals surface area contributed by atoms with Crippen molar-refractivity contribution in [2.24, 2.45) is 0 Å². The van der Waals surface area contributed by atoms with E-state index in [1.54, 1.807) is 18.0 Å². The van der Waals surface area contributed by atoms with Crippen LogP contribution in [0.15, 0.2) is 71.6 Å². The first-order valence-electron chi connectivity index (χ1n) is 9.20. The highest BCUT2D eigenvalue weighted by Crippen LogP contribution is 2.30. The Morgan fingerprint density at radius 1 is 1.10 bits per heavy atom. The van der Waals surface area contributed by atoms with E-state index in [1.807, 2.05) is 30.3 Å². The molecule has 0 amide bonds. The number of benzene rings is 3. The number of carboxylic acids is 1. The van der Waals surface area contributed by atoms with Gasteiger partial charge in [0.15, 0.2) is 0 Å². The molecule has 162 valence electrons. The van der Waals surface area contributed by atoms with Gasteiger partial charge >= 0.3 is 5.97 Å². The lowest BCUT2D eigenvalue weighted by atomic mass is 10.1. The molecule has 0 aliphatic carbocycles. The Morgan fingerprint density at radius 2 is 1.81 bits per heavy atom. The summed E-state index contributed by atoms with van der Waals surface area (Å²) in [5.41, 5.74) is 1.55. The number of carboxylic acid groups (broad SMARTS) is 1. The van der Waals surface area contributed by atoms with Crippen molar-refractivity contribution in [2.45, 2.75) is 11.4 Å². The third-order valence-corrected chi connectivity index (χ3v) is 6.21. The molecule has 0 atom stereocenters. The summed E-state index contributed by atoms with van der Waals surface area (Å²) in [6.45, 7) is 0.492. The molecule has 0 aliphatic rings. The standard InChI is InChI=1S/C22H21ClN2O5S/c1-25(14-15-6-4-3-5-7-15)19-10-9-17(13-18(19)22(26)27)24-31(28,29)21-12-16(23)8-11-20(21)30-2/h3-13,24H,14H2,1-2H3,(H,26,27). The number of rotatable bonds is 8. The quantitative estimate of drug-likeness (QED) is 0.514. The highest BCUT2D eigenvalue weighted by Gasteiger charge is 2.22. The number of aromatic carboxylic acids is 1. The molecule has 0 heterocycles. The summed E-state index contributed by atoms with van der Waals surface area (Å²) in [6, 6.07) is 18.2. The number of carbonyl (C=O) groups is 1. The first-order valence-corrected chi connectivity index (χ1v) is 11.1. The van der Waals surface area contributed by atoms with Crippen molar-refractivity contribution < 1.29 is 23.1 Å². The van der Waals surface area contributed by atoms with Crippen molar-refractivity contribution in [2.75, 3.05) is 23.8 Å². The first-order chi connectivity index (χ1) is 14.7. The van der Waals surface area contributed by atoms with E-state index in [1.165, 1.54) is 37.4 Å². The van der Waals surface area contributed by atoms with Gasteiger partial charge in [-0.1, -0.05) is 41.9 Å². The van der Waals surface area contributed by atoms with Crippen molar-refractivity contribution in [3.05, 3.63) is 82.9 Å². The second kappa shape index (κ2) is 9.28. The Morgan fingerprint density at radius 3 is 2.45 bits per heavy atom. The summed E-state index contributed by atoms with van der Waals surface area (Å²) in [6.07, 6.45) is 0. The van der Waals surface area contributed by atoms with Crippen LogP contribution in [0.5, 0.6) is 5.75 Å². The fraction of sp³-hybridized carbons (Fsp3) is 0.136. The highest BCUT2D eigenvalue weighted by molar-refractivity contribution is 7.92. The van der Waals surface area contributed by atoms with Crippen molar-refractivity contribution in [3.8, 4) is 5.75 Å². The topological polar surface area (TPSA) is 95.9 Å². The average molecular weight is 461 g/mol. The van der Waals surface area contributed by atoms with Gasteiger partial charge in [-0.3, -0.25) is 4.72 Å². The number of nitrogens with zero attached hydrogens (tertiary/aromatic N) is 1. The van der Waals surface area contributed by atoms with Gasteiger partial charge < -0.3 is 14.7 Å². The molecule has 9 heteroatoms. The van der Waals surface area contributed by atoms with Crippen LogP contribution in [0.3, 0.4) is 0 Å². The Hall–Kier alpha value is -3.23. The minimum atomic E-state index is -4.07. The molecule has 0 spiro atoms. The minimum Gasteiger partial charge on any atom is -0.495 e. The maximum Gasteiger partial charge on any atom is 0.337 e. The Bertz CT molecular complexity index is 1200. The van der Waals surface area contributed by atoms with Gasteiger partial charge in [0.2, 0.25) is 0 Å². The molecule has 2 N–H and O–H groups in total. The number of sulfonamides is 1. The van der Waals surface area contributed by atoms with E-state index < -0.39 is 16.0 Å². The summed E-state index contributed by atoms with van der Waals surface area (Å²) in [7, 11) is -0.946. The van der Waals surface area contributed by atoms with Crippen LogP contribution < -0.4 is 14.4 Å². The number of methoxy groups -OCH3 is 1. The van der Waals surface area contributed by atoms with Gasteiger partial charge in [-0.05, 0) is 42.0 Å². The second-order valence-electron chi connectivity index (χ2n) is 6.78. The lowest BCUT2D eigenvalue weighted by Gasteiger charge is -2.22. The normalized spacial score (nSPS) is 11.1. The van der Waals surface area contributed by atoms with Gasteiger partial charge in [0, 0.05) is 24.3 Å². The molecule has 0 radical (unpaired) electrons. The molecule has 7 nitrogen and oxygen atoms in total. The van der Waals surface area contributed by atoms with Crippen LogP contribution in [0.25, 0.3) is 0 Å². The van der Waals surface area contributed by atoms with E-state index in [4.69, 9.17) is 16.3 Å². The molecule has 3 aromatic carbocycles. The third-order valence-electron chi connectivity index (χ3n) is 4.57. The number of hydrogen-bond acceptors (Lipinski definition) is 5. The number of ether oxygens (including phenoxy) is 1. The molecule has 3 rings (SSSR count). The summed E-state index contributed by atoms with van der Waals surface area (Å²) in [5.74, 6) is -1.05. The highest BCUT2D eigenvalue weighted by atomic mass is 35.5. The van der Waals surface area contributed by atoms with E-state index in [2.05, 4.69) is 4.72 Å². The number of halogens is 1. The van der Waals surface area contributed by atoms with E-state index in [-0.39, 0.29) is 26.9 Å². The molecular formula is C22H21ClN2O5S. The van der Waals surface area contributed by atoms with E-state index in [0.29, 0.717) is 12.2 Å².